The highest BCUT2D eigenvalue weighted by Crippen LogP contribution is 2.11. The Morgan fingerprint density at radius 1 is 1.29 bits per heavy atom. The topological polar surface area (TPSA) is 52.6 Å². The molecule has 0 aromatic rings. The number of Topliss-reactive ketones (excluding diaryl/α,β-unsaturated/α-hetero) is 1. The van der Waals surface area contributed by atoms with Gasteiger partial charge in [-0.25, -0.2) is 0 Å². The van der Waals surface area contributed by atoms with Crippen molar-refractivity contribution in [2.75, 3.05) is 20.8 Å². The highest BCUT2D eigenvalue weighted by Gasteiger charge is 2.26. The van der Waals surface area contributed by atoms with E-state index in [1.807, 2.05) is 6.92 Å². The Balaban J connectivity index is 4.22. The monoisotopic (exact) mass is 202 g/mol. The first-order valence-corrected chi connectivity index (χ1v) is 4.76. The standard InChI is InChI=1S/C10H18O4/c1-4-5-6-8(10(12)14-3)9(11)7-13-2/h8H,4-7H2,1-3H3. The van der Waals surface area contributed by atoms with Crippen LogP contribution in [0.25, 0.3) is 0 Å². The first-order valence-electron chi connectivity index (χ1n) is 4.76. The van der Waals surface area contributed by atoms with Crippen LogP contribution in [0.1, 0.15) is 26.2 Å². The van der Waals surface area contributed by atoms with Crippen molar-refractivity contribution in [3.63, 3.8) is 0 Å². The van der Waals surface area contributed by atoms with Crippen molar-refractivity contribution in [1.82, 2.24) is 0 Å². The molecule has 1 atom stereocenters. The molecule has 0 saturated carbocycles. The van der Waals surface area contributed by atoms with Gasteiger partial charge in [-0.1, -0.05) is 19.8 Å². The Morgan fingerprint density at radius 3 is 2.36 bits per heavy atom. The van der Waals surface area contributed by atoms with E-state index in [1.54, 1.807) is 0 Å². The molecule has 0 bridgehead atoms. The molecule has 4 heteroatoms. The molecule has 4 nitrogen and oxygen atoms in total. The summed E-state index contributed by atoms with van der Waals surface area (Å²) < 4.78 is 9.26. The van der Waals surface area contributed by atoms with Crippen molar-refractivity contribution >= 4 is 11.8 Å². The summed E-state index contributed by atoms with van der Waals surface area (Å²) in [6, 6.07) is 0. The summed E-state index contributed by atoms with van der Waals surface area (Å²) in [4.78, 5) is 22.7. The van der Waals surface area contributed by atoms with Crippen LogP contribution >= 0.6 is 0 Å². The molecule has 0 aliphatic carbocycles. The number of ketones is 1. The van der Waals surface area contributed by atoms with Gasteiger partial charge in [-0.15, -0.1) is 0 Å². The number of unbranched alkanes of at least 4 members (excludes halogenated alkanes) is 1. The van der Waals surface area contributed by atoms with Crippen LogP contribution in [0.3, 0.4) is 0 Å². The van der Waals surface area contributed by atoms with E-state index in [1.165, 1.54) is 14.2 Å². The van der Waals surface area contributed by atoms with Gasteiger partial charge in [0.2, 0.25) is 0 Å². The van der Waals surface area contributed by atoms with E-state index in [-0.39, 0.29) is 12.4 Å². The average Bonchev–Trinajstić information content (AvgIpc) is 2.18. The van der Waals surface area contributed by atoms with Crippen LogP contribution < -0.4 is 0 Å². The zero-order valence-electron chi connectivity index (χ0n) is 9.04. The summed E-state index contributed by atoms with van der Waals surface area (Å²) in [5.41, 5.74) is 0. The quantitative estimate of drug-likeness (QED) is 0.459. The molecular weight excluding hydrogens is 184 g/mol. The fourth-order valence-corrected chi connectivity index (χ4v) is 1.20. The molecule has 0 aromatic carbocycles. The highest BCUT2D eigenvalue weighted by atomic mass is 16.5. The Bertz CT molecular complexity index is 189. The molecule has 0 saturated heterocycles. The number of esters is 1. The van der Waals surface area contributed by atoms with Crippen LogP contribution in [0.15, 0.2) is 0 Å². The van der Waals surface area contributed by atoms with E-state index in [4.69, 9.17) is 4.74 Å². The van der Waals surface area contributed by atoms with E-state index < -0.39 is 11.9 Å². The third-order valence-corrected chi connectivity index (χ3v) is 2.01. The lowest BCUT2D eigenvalue weighted by Gasteiger charge is -2.12. The molecule has 1 unspecified atom stereocenters. The largest absolute Gasteiger partial charge is 0.468 e. The predicted octanol–water partition coefficient (Wildman–Crippen LogP) is 1.18. The van der Waals surface area contributed by atoms with Crippen molar-refractivity contribution < 1.29 is 19.1 Å². The number of hydrogen-bond acceptors (Lipinski definition) is 4. The molecule has 82 valence electrons. The van der Waals surface area contributed by atoms with Gasteiger partial charge in [-0.05, 0) is 6.42 Å². The van der Waals surface area contributed by atoms with Crippen molar-refractivity contribution in [2.45, 2.75) is 26.2 Å². The van der Waals surface area contributed by atoms with Crippen LogP contribution in [0.5, 0.6) is 0 Å². The van der Waals surface area contributed by atoms with Gasteiger partial charge in [0.15, 0.2) is 5.78 Å². The van der Waals surface area contributed by atoms with Crippen LogP contribution in [0.4, 0.5) is 0 Å². The highest BCUT2D eigenvalue weighted by molar-refractivity contribution is 5.99. The van der Waals surface area contributed by atoms with E-state index in [0.29, 0.717) is 6.42 Å². The maximum absolute atomic E-state index is 11.4. The lowest BCUT2D eigenvalue weighted by molar-refractivity contribution is -0.150. The number of carbonyl (C=O) groups excluding carboxylic acids is 2. The molecule has 0 heterocycles. The summed E-state index contributed by atoms with van der Waals surface area (Å²) in [6.07, 6.45) is 2.34. The van der Waals surface area contributed by atoms with Crippen LogP contribution in [-0.2, 0) is 19.1 Å². The van der Waals surface area contributed by atoms with Gasteiger partial charge in [0.1, 0.15) is 12.5 Å². The molecule has 0 N–H and O–H groups in total. The van der Waals surface area contributed by atoms with E-state index >= 15 is 0 Å². The second-order valence-corrected chi connectivity index (χ2v) is 3.12. The summed E-state index contributed by atoms with van der Waals surface area (Å²) in [6.45, 7) is 1.98. The Labute approximate surface area is 84.6 Å². The zero-order valence-corrected chi connectivity index (χ0v) is 9.04. The summed E-state index contributed by atoms with van der Waals surface area (Å²) in [7, 11) is 2.73. The molecule has 0 rings (SSSR count). The lowest BCUT2D eigenvalue weighted by Crippen LogP contribution is -2.28. The molecular formula is C10H18O4. The van der Waals surface area contributed by atoms with Gasteiger partial charge in [0.25, 0.3) is 0 Å². The van der Waals surface area contributed by atoms with Gasteiger partial charge >= 0.3 is 5.97 Å². The third-order valence-electron chi connectivity index (χ3n) is 2.01. The summed E-state index contributed by atoms with van der Waals surface area (Å²) in [5.74, 6) is -1.31. The Kier molecular flexibility index (Phi) is 7.02. The maximum atomic E-state index is 11.4. The van der Waals surface area contributed by atoms with Crippen LogP contribution in [0, 0.1) is 5.92 Å². The Morgan fingerprint density at radius 2 is 1.93 bits per heavy atom. The molecule has 14 heavy (non-hydrogen) atoms. The van der Waals surface area contributed by atoms with E-state index in [0.717, 1.165) is 12.8 Å². The van der Waals surface area contributed by atoms with Crippen molar-refractivity contribution in [3.8, 4) is 0 Å². The number of hydrogen-bond donors (Lipinski definition) is 0. The molecule has 0 aliphatic heterocycles. The smallest absolute Gasteiger partial charge is 0.316 e. The van der Waals surface area contributed by atoms with Gasteiger partial charge in [0.05, 0.1) is 7.11 Å². The molecule has 0 radical (unpaired) electrons. The lowest BCUT2D eigenvalue weighted by atomic mass is 9.98. The maximum Gasteiger partial charge on any atom is 0.316 e. The second kappa shape index (κ2) is 7.50. The third kappa shape index (κ3) is 4.37. The fraction of sp³-hybridized carbons (Fsp3) is 0.800. The first kappa shape index (κ1) is 13.1. The molecule has 0 aliphatic rings. The second-order valence-electron chi connectivity index (χ2n) is 3.12. The van der Waals surface area contributed by atoms with Gasteiger partial charge in [-0.3, -0.25) is 9.59 Å². The minimum Gasteiger partial charge on any atom is -0.468 e. The van der Waals surface area contributed by atoms with Gasteiger partial charge in [-0.2, -0.15) is 0 Å². The predicted molar refractivity (Wildman–Crippen MR) is 51.9 cm³/mol. The van der Waals surface area contributed by atoms with Crippen LogP contribution in [0.2, 0.25) is 0 Å². The van der Waals surface area contributed by atoms with Crippen molar-refractivity contribution in [3.05, 3.63) is 0 Å². The summed E-state index contributed by atoms with van der Waals surface area (Å²) >= 11 is 0. The Hall–Kier alpha value is -0.900. The SMILES string of the molecule is CCCCC(C(=O)COC)C(=O)OC. The zero-order chi connectivity index (χ0) is 11.0. The number of ether oxygens (including phenoxy) is 2. The number of methoxy groups -OCH3 is 2. The average molecular weight is 202 g/mol. The number of rotatable bonds is 7. The van der Waals surface area contributed by atoms with Crippen molar-refractivity contribution in [1.29, 1.82) is 0 Å². The van der Waals surface area contributed by atoms with Gasteiger partial charge in [0, 0.05) is 7.11 Å². The minimum atomic E-state index is -0.653. The van der Waals surface area contributed by atoms with Crippen LogP contribution in [-0.4, -0.2) is 32.6 Å². The first-order chi connectivity index (χ1) is 6.67. The van der Waals surface area contributed by atoms with Gasteiger partial charge < -0.3 is 9.47 Å². The minimum absolute atomic E-state index is 0.0243. The molecule has 0 aromatic heterocycles. The number of carbonyl (C=O) groups is 2. The van der Waals surface area contributed by atoms with Crippen molar-refractivity contribution in [2.24, 2.45) is 5.92 Å². The fourth-order valence-electron chi connectivity index (χ4n) is 1.20. The van der Waals surface area contributed by atoms with E-state index in [2.05, 4.69) is 4.74 Å². The molecule has 0 fully saturated rings. The molecule has 0 amide bonds. The normalized spacial score (nSPS) is 12.2. The summed E-state index contributed by atoms with van der Waals surface area (Å²) in [5, 5.41) is 0. The molecule has 0 spiro atoms. The van der Waals surface area contributed by atoms with E-state index in [9.17, 15) is 9.59 Å².